The molecule has 52 heavy (non-hydrogen) atoms. The maximum atomic E-state index is 11.7. The SMILES string of the molecule is O=C(Oc1ccc([N+](=O)[O-])cc1)O[C@H]1CO[C@H]2OCC[C@H]21.O=C(Oc1ccc([N+](=O)[O-])cc1)Oc1ccc([N+](=O)[O-])cc1.O[C@H]1CO[C@H]2OCC[C@H]21. The Bertz CT molecular complexity index is 1660. The molecule has 276 valence electrons. The summed E-state index contributed by atoms with van der Waals surface area (Å²) in [5, 5.41) is 40.7. The molecule has 20 heteroatoms. The molecule has 3 aromatic rings. The third-order valence-electron chi connectivity index (χ3n) is 7.99. The largest absolute Gasteiger partial charge is 0.519 e. The van der Waals surface area contributed by atoms with E-state index in [0.717, 1.165) is 19.4 Å². The number of ether oxygens (including phenoxy) is 8. The molecule has 0 saturated carbocycles. The molecule has 1 N–H and O–H groups in total. The Morgan fingerprint density at radius 1 is 0.577 bits per heavy atom. The summed E-state index contributed by atoms with van der Waals surface area (Å²) in [5.41, 5.74) is -0.363. The van der Waals surface area contributed by atoms with Crippen molar-refractivity contribution in [1.82, 2.24) is 0 Å². The number of hydrogen-bond donors (Lipinski definition) is 1. The van der Waals surface area contributed by atoms with Crippen LogP contribution in [0.4, 0.5) is 26.7 Å². The van der Waals surface area contributed by atoms with Crippen LogP contribution in [0.1, 0.15) is 12.8 Å². The van der Waals surface area contributed by atoms with E-state index in [1.165, 1.54) is 72.8 Å². The minimum atomic E-state index is -1.07. The highest BCUT2D eigenvalue weighted by Crippen LogP contribution is 2.33. The van der Waals surface area contributed by atoms with Gasteiger partial charge in [-0.15, -0.1) is 0 Å². The Labute approximate surface area is 293 Å². The van der Waals surface area contributed by atoms with E-state index in [1.807, 2.05) is 0 Å². The average molecular weight is 730 g/mol. The number of hydrogen-bond acceptors (Lipinski definition) is 17. The zero-order valence-electron chi connectivity index (χ0n) is 27.0. The molecule has 4 saturated heterocycles. The van der Waals surface area contributed by atoms with Crippen molar-refractivity contribution in [1.29, 1.82) is 0 Å². The fourth-order valence-electron chi connectivity index (χ4n) is 5.35. The second kappa shape index (κ2) is 17.4. The molecular formula is C32H31N3O17. The van der Waals surface area contributed by atoms with Crippen molar-refractivity contribution in [3.8, 4) is 17.2 Å². The van der Waals surface area contributed by atoms with Gasteiger partial charge in [0.2, 0.25) is 0 Å². The molecule has 0 amide bonds. The predicted octanol–water partition coefficient (Wildman–Crippen LogP) is 4.69. The van der Waals surface area contributed by atoms with Gasteiger partial charge in [-0.25, -0.2) is 9.59 Å². The van der Waals surface area contributed by atoms with Crippen molar-refractivity contribution in [3.63, 3.8) is 0 Å². The van der Waals surface area contributed by atoms with Gasteiger partial charge in [-0.2, -0.15) is 0 Å². The Morgan fingerprint density at radius 3 is 1.38 bits per heavy atom. The van der Waals surface area contributed by atoms with Crippen LogP contribution in [0.15, 0.2) is 72.8 Å². The lowest BCUT2D eigenvalue weighted by Gasteiger charge is -2.15. The molecule has 0 spiro atoms. The van der Waals surface area contributed by atoms with E-state index >= 15 is 0 Å². The van der Waals surface area contributed by atoms with E-state index in [1.54, 1.807) is 0 Å². The first-order chi connectivity index (χ1) is 25.0. The summed E-state index contributed by atoms with van der Waals surface area (Å²) in [4.78, 5) is 53.0. The number of nitro groups is 3. The topological polar surface area (TPSA) is 258 Å². The third-order valence-corrected chi connectivity index (χ3v) is 7.99. The van der Waals surface area contributed by atoms with Gasteiger partial charge in [-0.1, -0.05) is 0 Å². The Hall–Kier alpha value is -5.80. The molecule has 0 aliphatic carbocycles. The summed E-state index contributed by atoms with van der Waals surface area (Å²) in [6.07, 6.45) is -1.26. The van der Waals surface area contributed by atoms with Crippen molar-refractivity contribution in [3.05, 3.63) is 103 Å². The minimum absolute atomic E-state index is 0.0365. The molecule has 0 unspecified atom stereocenters. The number of aliphatic hydroxyl groups is 1. The van der Waals surface area contributed by atoms with E-state index in [9.17, 15) is 45.0 Å². The fraction of sp³-hybridized carbons (Fsp3) is 0.375. The zero-order valence-corrected chi connectivity index (χ0v) is 27.0. The molecule has 0 radical (unpaired) electrons. The maximum absolute atomic E-state index is 11.7. The minimum Gasteiger partial charge on any atom is -0.428 e. The first kappa shape index (κ1) is 37.5. The van der Waals surface area contributed by atoms with Crippen LogP contribution in [0, 0.1) is 42.2 Å². The highest BCUT2D eigenvalue weighted by atomic mass is 16.8. The van der Waals surface area contributed by atoms with Crippen LogP contribution in [0.3, 0.4) is 0 Å². The number of carbonyl (C=O) groups is 2. The number of non-ortho nitro benzene ring substituents is 3. The second-order valence-corrected chi connectivity index (χ2v) is 11.3. The summed E-state index contributed by atoms with van der Waals surface area (Å²) in [7, 11) is 0. The predicted molar refractivity (Wildman–Crippen MR) is 170 cm³/mol. The first-order valence-electron chi connectivity index (χ1n) is 15.6. The van der Waals surface area contributed by atoms with Gasteiger partial charge in [-0.3, -0.25) is 30.3 Å². The van der Waals surface area contributed by atoms with Gasteiger partial charge in [0, 0.05) is 42.3 Å². The summed E-state index contributed by atoms with van der Waals surface area (Å²) in [6, 6.07) is 14.9. The van der Waals surface area contributed by atoms with Crippen LogP contribution in [-0.2, 0) is 23.7 Å². The van der Waals surface area contributed by atoms with Gasteiger partial charge in [0.15, 0.2) is 12.6 Å². The molecule has 4 fully saturated rings. The standard InChI is InChI=1S/C13H8N2O7.C13H13NO7.C6H10O3/c16-13(21-11-5-1-9(2-6-11)14(17)18)22-12-7-3-10(4-8-12)15(19)20;15-13(20-9-3-1-8(2-4-9)14(16)17)21-11-7-19-12-10(11)5-6-18-12;7-5-3-9-6-4(5)1-2-8-6/h1-8H;1-4,10-12H,5-7H2;4-7H,1-3H2/t;10-,11-,12+;4-,5-,6+/m.00/s1. The number of nitrogens with zero attached hydrogens (tertiary/aromatic N) is 3. The summed E-state index contributed by atoms with van der Waals surface area (Å²) in [5.74, 6) is 0.609. The van der Waals surface area contributed by atoms with Crippen molar-refractivity contribution in [2.75, 3.05) is 26.4 Å². The lowest BCUT2D eigenvalue weighted by Crippen LogP contribution is -2.27. The van der Waals surface area contributed by atoms with Crippen LogP contribution in [0.25, 0.3) is 0 Å². The monoisotopic (exact) mass is 729 g/mol. The molecule has 0 aromatic heterocycles. The molecule has 4 aliphatic heterocycles. The molecule has 7 rings (SSSR count). The van der Waals surface area contributed by atoms with Gasteiger partial charge in [-0.05, 0) is 49.2 Å². The van der Waals surface area contributed by atoms with Crippen LogP contribution in [0.5, 0.6) is 17.2 Å². The Balaban J connectivity index is 0.000000163. The van der Waals surface area contributed by atoms with Gasteiger partial charge < -0.3 is 43.0 Å². The van der Waals surface area contributed by atoms with Gasteiger partial charge in [0.05, 0.1) is 53.2 Å². The van der Waals surface area contributed by atoms with Crippen molar-refractivity contribution in [2.24, 2.45) is 11.8 Å². The van der Waals surface area contributed by atoms with Gasteiger partial charge in [0.25, 0.3) is 17.1 Å². The Kier molecular flexibility index (Phi) is 12.5. The zero-order chi connectivity index (χ0) is 37.2. The number of rotatable bonds is 7. The molecule has 20 nitrogen and oxygen atoms in total. The van der Waals surface area contributed by atoms with Crippen molar-refractivity contribution < 1.29 is 67.4 Å². The van der Waals surface area contributed by atoms with Gasteiger partial charge in [0.1, 0.15) is 23.4 Å². The number of fused-ring (bicyclic) bond motifs is 2. The fourth-order valence-corrected chi connectivity index (χ4v) is 5.35. The van der Waals surface area contributed by atoms with Crippen molar-refractivity contribution >= 4 is 29.4 Å². The van der Waals surface area contributed by atoms with E-state index in [-0.39, 0.29) is 77.5 Å². The van der Waals surface area contributed by atoms with Gasteiger partial charge >= 0.3 is 12.3 Å². The van der Waals surface area contributed by atoms with Crippen molar-refractivity contribution in [2.45, 2.75) is 37.6 Å². The quantitative estimate of drug-likeness (QED) is 0.150. The van der Waals surface area contributed by atoms with E-state index in [2.05, 4.69) is 0 Å². The van der Waals surface area contributed by atoms with Crippen LogP contribution in [0.2, 0.25) is 0 Å². The molecule has 4 heterocycles. The molecular weight excluding hydrogens is 698 g/mol. The highest BCUT2D eigenvalue weighted by Gasteiger charge is 2.44. The molecule has 3 aromatic carbocycles. The molecule has 4 aliphatic rings. The smallest absolute Gasteiger partial charge is 0.428 e. The van der Waals surface area contributed by atoms with Crippen LogP contribution >= 0.6 is 0 Å². The summed E-state index contributed by atoms with van der Waals surface area (Å²) in [6.45, 7) is 2.07. The van der Waals surface area contributed by atoms with Crippen LogP contribution in [-0.4, -0.2) is 83.4 Å². The second-order valence-electron chi connectivity index (χ2n) is 11.3. The van der Waals surface area contributed by atoms with E-state index in [4.69, 9.17) is 37.9 Å². The van der Waals surface area contributed by atoms with E-state index in [0.29, 0.717) is 13.2 Å². The third kappa shape index (κ3) is 10.1. The normalized spacial score (nSPS) is 23.7. The number of nitro benzene ring substituents is 3. The number of benzene rings is 3. The summed E-state index contributed by atoms with van der Waals surface area (Å²) >= 11 is 0. The van der Waals surface area contributed by atoms with Crippen LogP contribution < -0.4 is 14.2 Å². The number of carbonyl (C=O) groups excluding carboxylic acids is 2. The molecule has 6 atom stereocenters. The Morgan fingerprint density at radius 2 is 0.962 bits per heavy atom. The lowest BCUT2D eigenvalue weighted by molar-refractivity contribution is -0.385. The average Bonchev–Trinajstić information content (AvgIpc) is 3.92. The molecule has 0 bridgehead atoms. The maximum Gasteiger partial charge on any atom is 0.519 e. The lowest BCUT2D eigenvalue weighted by atomic mass is 10.0. The number of aliphatic hydroxyl groups excluding tert-OH is 1. The van der Waals surface area contributed by atoms with E-state index < -0.39 is 27.1 Å². The highest BCUT2D eigenvalue weighted by molar-refractivity contribution is 5.67. The summed E-state index contributed by atoms with van der Waals surface area (Å²) < 4.78 is 40.8. The first-order valence-corrected chi connectivity index (χ1v) is 15.6.